The van der Waals surface area contributed by atoms with E-state index in [2.05, 4.69) is 65.8 Å². The first-order chi connectivity index (χ1) is 41.3. The maximum atomic E-state index is 14.3. The van der Waals surface area contributed by atoms with Gasteiger partial charge in [-0.25, -0.2) is 9.59 Å². The van der Waals surface area contributed by atoms with Gasteiger partial charge in [-0.3, -0.25) is 33.7 Å². The summed E-state index contributed by atoms with van der Waals surface area (Å²) >= 11 is 0. The number of nitrogens with zero attached hydrogens (tertiary/aromatic N) is 4. The van der Waals surface area contributed by atoms with Crippen LogP contribution < -0.4 is 43.0 Å². The van der Waals surface area contributed by atoms with E-state index in [1.54, 1.807) is 49.9 Å². The average molecular weight is 1240 g/mol. The van der Waals surface area contributed by atoms with Gasteiger partial charge in [-0.1, -0.05) is 70.2 Å². The molecule has 8 amide bonds. The lowest BCUT2D eigenvalue weighted by Gasteiger charge is -2.40. The molecule has 0 spiro atoms. The number of rotatable bonds is 40. The zero-order chi connectivity index (χ0) is 66.2. The number of carbonyl (C=O) groups excluding carboxylic acids is 8. The minimum Gasteiger partial charge on any atom is -0.444 e. The van der Waals surface area contributed by atoms with Gasteiger partial charge >= 0.3 is 12.2 Å². The summed E-state index contributed by atoms with van der Waals surface area (Å²) < 4.78 is 11.1. The van der Waals surface area contributed by atoms with Crippen LogP contribution in [0.5, 0.6) is 0 Å². The van der Waals surface area contributed by atoms with Crippen LogP contribution in [0.4, 0.5) is 9.59 Å². The van der Waals surface area contributed by atoms with E-state index in [0.717, 1.165) is 50.3 Å². The highest BCUT2D eigenvalue weighted by atomic mass is 16.6. The molecule has 2 aromatic rings. The Kier molecular flexibility index (Phi) is 34.9. The average Bonchev–Trinajstić information content (AvgIpc) is 2.98. The van der Waals surface area contributed by atoms with Gasteiger partial charge in [0.25, 0.3) is 5.91 Å². The Morgan fingerprint density at radius 1 is 0.557 bits per heavy atom. The number of aliphatic hydroxyl groups is 1. The standard InChI is InChI=1S/C65H112N12O11/c1-16-76(17-2)41-22-21-29-51(58(82)73-54(45-78)57(81)67-35-24-38-75(15)39-25-36-68-61(85)87-63(6,7)8)70-60(84)52(43-46(3)4)71-55(79)47(5)69-59(83)53(44-48-27-19-18-20-28-48)72-56(80)49-30-32-50(33-31-49)65(12,13)77(62(86)88-64(9,10)11)42-26-40-74(14)37-23-34-66/h18-20,27-28,30-33,46-47,51-54,78H,16-17,21-26,29,34-45,66H2,1-15H3,(H,67,81)(H,68,85)(H,69,83)(H,70,84)(H,71,79)(H,72,80)(H,73,82)/t47-,51-,52-,53-,54-/m0/s1. The lowest BCUT2D eigenvalue weighted by atomic mass is 9.91. The second-order valence-electron chi connectivity index (χ2n) is 25.8. The van der Waals surface area contributed by atoms with Gasteiger partial charge in [0.1, 0.15) is 41.4 Å². The predicted molar refractivity (Wildman–Crippen MR) is 345 cm³/mol. The molecule has 498 valence electrons. The Morgan fingerprint density at radius 3 is 1.65 bits per heavy atom. The second kappa shape index (κ2) is 39.6. The van der Waals surface area contributed by atoms with Crippen LogP contribution in [0, 0.1) is 5.92 Å². The summed E-state index contributed by atoms with van der Waals surface area (Å²) in [6.45, 7) is 30.4. The number of alkyl carbamates (subject to hydrolysis) is 1. The third-order valence-electron chi connectivity index (χ3n) is 14.8. The summed E-state index contributed by atoms with van der Waals surface area (Å²) in [5.74, 6) is -3.92. The van der Waals surface area contributed by atoms with E-state index in [9.17, 15) is 43.5 Å². The van der Waals surface area contributed by atoms with Crippen molar-refractivity contribution in [3.05, 3.63) is 71.3 Å². The number of unbranched alkanes of at least 4 members (excludes halogenated alkanes) is 1. The quantitative estimate of drug-likeness (QED) is 0.0396. The SMILES string of the molecule is CCN(CC)CCCC[C@H](NC(=O)[C@H](CC(C)C)NC(=O)[C@H](C)NC(=O)[C@H](Cc1ccccc1)NC(=O)c1ccc(C(C)(C)N(CCCN(C)CCCN)C(=O)OC(C)(C)C)cc1)C(=O)N[C@@H](CO)C(=O)NCCCN(C)CCCNC(=O)OC(C)(C)C. The van der Waals surface area contributed by atoms with E-state index in [-0.39, 0.29) is 37.3 Å². The van der Waals surface area contributed by atoms with Crippen molar-refractivity contribution >= 4 is 47.6 Å². The number of nitrogens with two attached hydrogens (primary N) is 1. The number of carbonyl (C=O) groups is 8. The molecule has 0 saturated heterocycles. The lowest BCUT2D eigenvalue weighted by Crippen LogP contribution is -2.59. The van der Waals surface area contributed by atoms with Crippen molar-refractivity contribution in [2.24, 2.45) is 11.7 Å². The number of nitrogens with one attached hydrogen (secondary N) is 7. The van der Waals surface area contributed by atoms with Crippen LogP contribution in [0.15, 0.2) is 54.6 Å². The minimum atomic E-state index is -1.31. The maximum Gasteiger partial charge on any atom is 0.410 e. The first-order valence-electron chi connectivity index (χ1n) is 31.7. The molecule has 2 rings (SSSR count). The van der Waals surface area contributed by atoms with Crippen molar-refractivity contribution in [1.82, 2.24) is 56.8 Å². The molecular formula is C65H112N12O11. The summed E-state index contributed by atoms with van der Waals surface area (Å²) in [6, 6.07) is 10.0. The fourth-order valence-electron chi connectivity index (χ4n) is 9.63. The van der Waals surface area contributed by atoms with E-state index in [1.165, 1.54) is 6.92 Å². The van der Waals surface area contributed by atoms with E-state index < -0.39 is 101 Å². The highest BCUT2D eigenvalue weighted by Gasteiger charge is 2.37. The summed E-state index contributed by atoms with van der Waals surface area (Å²) in [6.07, 6.45) is 3.56. The van der Waals surface area contributed by atoms with Crippen molar-refractivity contribution < 1.29 is 52.9 Å². The lowest BCUT2D eigenvalue weighted by molar-refractivity contribution is -0.135. The molecule has 0 saturated carbocycles. The fourth-order valence-corrected chi connectivity index (χ4v) is 9.63. The van der Waals surface area contributed by atoms with Crippen LogP contribution in [0.25, 0.3) is 0 Å². The molecule has 23 heteroatoms. The van der Waals surface area contributed by atoms with Gasteiger partial charge in [-0.2, -0.15) is 0 Å². The van der Waals surface area contributed by atoms with Crippen LogP contribution in [0.1, 0.15) is 163 Å². The third kappa shape index (κ3) is 30.7. The number of amides is 8. The van der Waals surface area contributed by atoms with Gasteiger partial charge in [-0.15, -0.1) is 0 Å². The van der Waals surface area contributed by atoms with Crippen molar-refractivity contribution in [2.45, 2.75) is 195 Å². The normalized spacial score (nSPS) is 13.6. The van der Waals surface area contributed by atoms with E-state index in [0.29, 0.717) is 64.8 Å². The van der Waals surface area contributed by atoms with Gasteiger partial charge in [0, 0.05) is 31.6 Å². The Labute approximate surface area is 525 Å². The van der Waals surface area contributed by atoms with Gasteiger partial charge in [0.15, 0.2) is 0 Å². The van der Waals surface area contributed by atoms with E-state index in [1.807, 2.05) is 92.9 Å². The highest BCUT2D eigenvalue weighted by Crippen LogP contribution is 2.30. The Bertz CT molecular complexity index is 2430. The molecule has 5 atom stereocenters. The Hall–Kier alpha value is -6.40. The molecule has 0 heterocycles. The van der Waals surface area contributed by atoms with E-state index >= 15 is 0 Å². The molecule has 0 fully saturated rings. The van der Waals surface area contributed by atoms with Crippen LogP contribution >= 0.6 is 0 Å². The van der Waals surface area contributed by atoms with Crippen LogP contribution in [0.3, 0.4) is 0 Å². The number of hydrogen-bond donors (Lipinski definition) is 9. The van der Waals surface area contributed by atoms with Crippen molar-refractivity contribution in [2.75, 3.05) is 92.7 Å². The molecule has 0 bridgehead atoms. The number of ether oxygens (including phenoxy) is 2. The van der Waals surface area contributed by atoms with Crippen molar-refractivity contribution in [3.63, 3.8) is 0 Å². The zero-order valence-corrected chi connectivity index (χ0v) is 55.9. The van der Waals surface area contributed by atoms with Crippen LogP contribution in [-0.4, -0.2) is 206 Å². The highest BCUT2D eigenvalue weighted by molar-refractivity contribution is 5.99. The molecule has 0 radical (unpaired) electrons. The summed E-state index contributed by atoms with van der Waals surface area (Å²) in [5.41, 5.74) is 5.30. The fraction of sp³-hybridized carbons (Fsp3) is 0.692. The molecule has 10 N–H and O–H groups in total. The Morgan fingerprint density at radius 2 is 1.09 bits per heavy atom. The summed E-state index contributed by atoms with van der Waals surface area (Å²) in [4.78, 5) is 118. The molecule has 23 nitrogen and oxygen atoms in total. The van der Waals surface area contributed by atoms with Gasteiger partial charge < -0.3 is 72.2 Å². The molecule has 0 aliphatic heterocycles. The first kappa shape index (κ1) is 77.7. The molecular weight excluding hydrogens is 1120 g/mol. The molecule has 0 unspecified atom stereocenters. The molecule has 2 aromatic carbocycles. The zero-order valence-electron chi connectivity index (χ0n) is 55.9. The maximum absolute atomic E-state index is 14.3. The molecule has 0 aromatic heterocycles. The Balaban J connectivity index is 2.26. The molecule has 0 aliphatic carbocycles. The van der Waals surface area contributed by atoms with Gasteiger partial charge in [-0.05, 0) is 209 Å². The van der Waals surface area contributed by atoms with Crippen LogP contribution in [-0.2, 0) is 45.4 Å². The second-order valence-corrected chi connectivity index (χ2v) is 25.8. The summed E-state index contributed by atoms with van der Waals surface area (Å²) in [7, 11) is 3.95. The molecule has 0 aliphatic rings. The first-order valence-corrected chi connectivity index (χ1v) is 31.7. The largest absolute Gasteiger partial charge is 0.444 e. The summed E-state index contributed by atoms with van der Waals surface area (Å²) in [5, 5.41) is 29.7. The topological polar surface area (TPSA) is 298 Å². The number of benzene rings is 2. The van der Waals surface area contributed by atoms with Crippen LogP contribution in [0.2, 0.25) is 0 Å². The van der Waals surface area contributed by atoms with Crippen molar-refractivity contribution in [3.8, 4) is 0 Å². The van der Waals surface area contributed by atoms with E-state index in [4.69, 9.17) is 15.2 Å². The monoisotopic (exact) mass is 1240 g/mol. The third-order valence-corrected chi connectivity index (χ3v) is 14.8. The predicted octanol–water partition coefficient (Wildman–Crippen LogP) is 5.03. The van der Waals surface area contributed by atoms with Crippen molar-refractivity contribution in [1.29, 1.82) is 0 Å². The van der Waals surface area contributed by atoms with Gasteiger partial charge in [0.2, 0.25) is 29.5 Å². The number of hydrogen-bond acceptors (Lipinski definition) is 15. The smallest absolute Gasteiger partial charge is 0.410 e. The number of aliphatic hydroxyl groups excluding tert-OH is 1. The minimum absolute atomic E-state index is 0.0799. The molecule has 88 heavy (non-hydrogen) atoms. The van der Waals surface area contributed by atoms with Gasteiger partial charge in [0.05, 0.1) is 12.1 Å².